The number of amides is 1. The zero-order chi connectivity index (χ0) is 13.4. The van der Waals surface area contributed by atoms with E-state index in [-0.39, 0.29) is 11.8 Å². The zero-order valence-corrected chi connectivity index (χ0v) is 10.4. The average Bonchev–Trinajstić information content (AvgIpc) is 2.72. The lowest BCUT2D eigenvalue weighted by atomic mass is 9.77. The SMILES string of the molecule is Cn1ncc(C#N)c1NC(=O)C1Cc2ccccc21. The first-order chi connectivity index (χ1) is 9.20. The Morgan fingerprint density at radius 2 is 2.32 bits per heavy atom. The van der Waals surface area contributed by atoms with Gasteiger partial charge in [0.2, 0.25) is 5.91 Å². The molecule has 1 aliphatic rings. The molecule has 1 aromatic carbocycles. The molecule has 1 atom stereocenters. The topological polar surface area (TPSA) is 70.7 Å². The van der Waals surface area contributed by atoms with Gasteiger partial charge in [-0.3, -0.25) is 9.48 Å². The van der Waals surface area contributed by atoms with Crippen molar-refractivity contribution in [3.05, 3.63) is 47.2 Å². The lowest BCUT2D eigenvalue weighted by Gasteiger charge is -2.28. The fourth-order valence-electron chi connectivity index (χ4n) is 2.36. The average molecular weight is 252 g/mol. The standard InChI is InChI=1S/C14H12N4O/c1-18-13(10(7-15)8-16-18)17-14(19)12-6-9-4-2-3-5-11(9)12/h2-5,8,12H,6H2,1H3,(H,17,19). The molecule has 0 fully saturated rings. The number of hydrogen-bond donors (Lipinski definition) is 1. The highest BCUT2D eigenvalue weighted by Crippen LogP contribution is 2.35. The van der Waals surface area contributed by atoms with Crippen molar-refractivity contribution >= 4 is 11.7 Å². The van der Waals surface area contributed by atoms with Gasteiger partial charge in [0, 0.05) is 7.05 Å². The van der Waals surface area contributed by atoms with Crippen LogP contribution in [0.2, 0.25) is 0 Å². The smallest absolute Gasteiger partial charge is 0.233 e. The largest absolute Gasteiger partial charge is 0.309 e. The molecule has 5 nitrogen and oxygen atoms in total. The van der Waals surface area contributed by atoms with E-state index in [0.717, 1.165) is 12.0 Å². The molecule has 1 aromatic heterocycles. The number of nitrogens with one attached hydrogen (secondary N) is 1. The molecule has 1 N–H and O–H groups in total. The monoisotopic (exact) mass is 252 g/mol. The van der Waals surface area contributed by atoms with E-state index in [1.165, 1.54) is 16.4 Å². The molecule has 0 saturated carbocycles. The molecule has 1 aliphatic carbocycles. The minimum absolute atomic E-state index is 0.0844. The second-order valence-corrected chi connectivity index (χ2v) is 4.59. The Balaban J connectivity index is 1.81. The molecule has 1 heterocycles. The van der Waals surface area contributed by atoms with Crippen LogP contribution in [0, 0.1) is 11.3 Å². The summed E-state index contributed by atoms with van der Waals surface area (Å²) < 4.78 is 1.50. The maximum atomic E-state index is 12.2. The lowest BCUT2D eigenvalue weighted by Crippen LogP contribution is -2.30. The Labute approximate surface area is 110 Å². The van der Waals surface area contributed by atoms with E-state index in [2.05, 4.69) is 10.4 Å². The molecule has 1 unspecified atom stereocenters. The summed E-state index contributed by atoms with van der Waals surface area (Å²) in [7, 11) is 1.70. The Morgan fingerprint density at radius 1 is 1.53 bits per heavy atom. The van der Waals surface area contributed by atoms with Crippen molar-refractivity contribution in [3.8, 4) is 6.07 Å². The van der Waals surface area contributed by atoms with Crippen LogP contribution in [0.3, 0.4) is 0 Å². The second kappa shape index (κ2) is 4.25. The first-order valence-corrected chi connectivity index (χ1v) is 6.01. The summed E-state index contributed by atoms with van der Waals surface area (Å²) in [5, 5.41) is 15.7. The third kappa shape index (κ3) is 1.78. The van der Waals surface area contributed by atoms with Gasteiger partial charge in [-0.2, -0.15) is 10.4 Å². The third-order valence-electron chi connectivity index (χ3n) is 3.47. The van der Waals surface area contributed by atoms with Crippen molar-refractivity contribution in [2.75, 3.05) is 5.32 Å². The molecule has 19 heavy (non-hydrogen) atoms. The van der Waals surface area contributed by atoms with Crippen molar-refractivity contribution in [3.63, 3.8) is 0 Å². The van der Waals surface area contributed by atoms with Crippen molar-refractivity contribution in [2.24, 2.45) is 7.05 Å². The van der Waals surface area contributed by atoms with Crippen LogP contribution in [-0.4, -0.2) is 15.7 Å². The number of hydrogen-bond acceptors (Lipinski definition) is 3. The molecular formula is C14H12N4O. The fraction of sp³-hybridized carbons (Fsp3) is 0.214. The number of nitriles is 1. The summed E-state index contributed by atoms with van der Waals surface area (Å²) in [6.45, 7) is 0. The maximum Gasteiger partial charge on any atom is 0.233 e. The quantitative estimate of drug-likeness (QED) is 0.881. The van der Waals surface area contributed by atoms with Gasteiger partial charge in [-0.25, -0.2) is 0 Å². The molecule has 2 aromatic rings. The van der Waals surface area contributed by atoms with Crippen LogP contribution in [0.5, 0.6) is 0 Å². The highest BCUT2D eigenvalue weighted by Gasteiger charge is 2.32. The van der Waals surface area contributed by atoms with Gasteiger partial charge in [0.05, 0.1) is 12.1 Å². The molecule has 0 radical (unpaired) electrons. The maximum absolute atomic E-state index is 12.2. The van der Waals surface area contributed by atoms with Gasteiger partial charge < -0.3 is 5.32 Å². The second-order valence-electron chi connectivity index (χ2n) is 4.59. The molecule has 0 aliphatic heterocycles. The molecule has 0 saturated heterocycles. The summed E-state index contributed by atoms with van der Waals surface area (Å²) in [6.07, 6.45) is 2.20. The highest BCUT2D eigenvalue weighted by molar-refractivity contribution is 5.98. The van der Waals surface area contributed by atoms with Gasteiger partial charge in [-0.05, 0) is 17.5 Å². The summed E-state index contributed by atoms with van der Waals surface area (Å²) in [4.78, 5) is 12.2. The lowest BCUT2D eigenvalue weighted by molar-refractivity contribution is -0.118. The van der Waals surface area contributed by atoms with E-state index in [0.29, 0.717) is 11.4 Å². The van der Waals surface area contributed by atoms with Crippen molar-refractivity contribution in [2.45, 2.75) is 12.3 Å². The summed E-state index contributed by atoms with van der Waals surface area (Å²) >= 11 is 0. The molecule has 0 spiro atoms. The zero-order valence-electron chi connectivity index (χ0n) is 10.4. The van der Waals surface area contributed by atoms with Crippen molar-refractivity contribution in [1.82, 2.24) is 9.78 Å². The summed E-state index contributed by atoms with van der Waals surface area (Å²) in [6, 6.07) is 9.93. The van der Waals surface area contributed by atoms with E-state index >= 15 is 0 Å². The van der Waals surface area contributed by atoms with Crippen LogP contribution in [0.15, 0.2) is 30.5 Å². The summed E-state index contributed by atoms with van der Waals surface area (Å²) in [5.41, 5.74) is 2.66. The van der Waals surface area contributed by atoms with E-state index < -0.39 is 0 Å². The Hall–Kier alpha value is -2.61. The van der Waals surface area contributed by atoms with E-state index in [4.69, 9.17) is 5.26 Å². The van der Waals surface area contributed by atoms with Crippen LogP contribution in [-0.2, 0) is 18.3 Å². The molecule has 94 valence electrons. The molecular weight excluding hydrogens is 240 g/mol. The number of anilines is 1. The van der Waals surface area contributed by atoms with Crippen LogP contribution in [0.4, 0.5) is 5.82 Å². The van der Waals surface area contributed by atoms with Crippen LogP contribution < -0.4 is 5.32 Å². The number of aromatic nitrogens is 2. The van der Waals surface area contributed by atoms with Crippen molar-refractivity contribution in [1.29, 1.82) is 5.26 Å². The summed E-state index contributed by atoms with van der Waals surface area (Å²) in [5.74, 6) is 0.244. The Bertz CT molecular complexity index is 696. The first-order valence-electron chi connectivity index (χ1n) is 6.01. The van der Waals surface area contributed by atoms with Crippen LogP contribution in [0.25, 0.3) is 0 Å². The number of carbonyl (C=O) groups is 1. The Morgan fingerprint density at radius 3 is 3.05 bits per heavy atom. The number of rotatable bonds is 2. The highest BCUT2D eigenvalue weighted by atomic mass is 16.2. The molecule has 3 rings (SSSR count). The van der Waals surface area contributed by atoms with Gasteiger partial charge >= 0.3 is 0 Å². The number of nitrogens with zero attached hydrogens (tertiary/aromatic N) is 3. The van der Waals surface area contributed by atoms with Gasteiger partial charge in [-0.1, -0.05) is 24.3 Å². The van der Waals surface area contributed by atoms with Gasteiger partial charge in [0.15, 0.2) is 0 Å². The number of benzene rings is 1. The Kier molecular flexibility index (Phi) is 2.57. The van der Waals surface area contributed by atoms with Crippen LogP contribution >= 0.6 is 0 Å². The van der Waals surface area contributed by atoms with E-state index in [9.17, 15) is 4.79 Å². The fourth-order valence-corrected chi connectivity index (χ4v) is 2.36. The molecule has 0 bridgehead atoms. The van der Waals surface area contributed by atoms with Crippen molar-refractivity contribution < 1.29 is 4.79 Å². The van der Waals surface area contributed by atoms with Gasteiger partial charge in [-0.15, -0.1) is 0 Å². The minimum atomic E-state index is -0.127. The van der Waals surface area contributed by atoms with Crippen LogP contribution in [0.1, 0.15) is 22.6 Å². The van der Waals surface area contributed by atoms with Gasteiger partial charge in [0.1, 0.15) is 17.5 Å². The minimum Gasteiger partial charge on any atom is -0.309 e. The predicted octanol–water partition coefficient (Wildman–Crippen LogP) is 1.57. The van der Waals surface area contributed by atoms with E-state index in [1.807, 2.05) is 30.3 Å². The molecule has 5 heteroatoms. The van der Waals surface area contributed by atoms with E-state index in [1.54, 1.807) is 7.05 Å². The molecule has 1 amide bonds. The number of aryl methyl sites for hydroxylation is 1. The predicted molar refractivity (Wildman–Crippen MR) is 69.4 cm³/mol. The van der Waals surface area contributed by atoms with Gasteiger partial charge in [0.25, 0.3) is 0 Å². The number of carbonyl (C=O) groups excluding carboxylic acids is 1. The first kappa shape index (κ1) is 11.5. The third-order valence-corrected chi connectivity index (χ3v) is 3.47. The normalized spacial score (nSPS) is 16.1. The number of fused-ring (bicyclic) bond motifs is 1.